The van der Waals surface area contributed by atoms with Gasteiger partial charge in [-0.3, -0.25) is 0 Å². The lowest BCUT2D eigenvalue weighted by Gasteiger charge is -2.17. The maximum absolute atomic E-state index is 3.86. The van der Waals surface area contributed by atoms with Crippen LogP contribution in [0.25, 0.3) is 0 Å². The molecule has 0 amide bonds. The fourth-order valence-electron chi connectivity index (χ4n) is 1.09. The first-order chi connectivity index (χ1) is 8.98. The van der Waals surface area contributed by atoms with Crippen LogP contribution in [0.15, 0.2) is 24.3 Å². The van der Waals surface area contributed by atoms with Crippen LogP contribution in [0, 0.1) is 10.8 Å². The molecular weight excluding hydrogens is 240 g/mol. The summed E-state index contributed by atoms with van der Waals surface area (Å²) < 4.78 is 0. The first kappa shape index (κ1) is 27.8. The zero-order valence-corrected chi connectivity index (χ0v) is 16.8. The smallest absolute Gasteiger partial charge is 0.0203 e. The Balaban J connectivity index is -0.000000104. The Hall–Kier alpha value is -0.520. The minimum atomic E-state index is 0.370. The van der Waals surface area contributed by atoms with Crippen molar-refractivity contribution in [3.05, 3.63) is 24.3 Å². The Morgan fingerprint density at radius 1 is 0.900 bits per heavy atom. The summed E-state index contributed by atoms with van der Waals surface area (Å²) in [5.41, 5.74) is 2.14. The van der Waals surface area contributed by atoms with Crippen LogP contribution in [0.5, 0.6) is 0 Å². The predicted octanol–water partition coefficient (Wildman–Crippen LogP) is 8.05. The van der Waals surface area contributed by atoms with Gasteiger partial charge in [0.2, 0.25) is 0 Å². The highest BCUT2D eigenvalue weighted by Gasteiger charge is 2.08. The zero-order chi connectivity index (χ0) is 17.4. The van der Waals surface area contributed by atoms with E-state index in [1.54, 1.807) is 0 Å². The summed E-state index contributed by atoms with van der Waals surface area (Å²) >= 11 is 0. The summed E-state index contributed by atoms with van der Waals surface area (Å²) in [6.07, 6.45) is 6.69. The van der Waals surface area contributed by atoms with Gasteiger partial charge < -0.3 is 0 Å². The summed E-state index contributed by atoms with van der Waals surface area (Å²) in [7, 11) is 0. The van der Waals surface area contributed by atoms with E-state index in [1.807, 2.05) is 34.6 Å². The molecule has 0 saturated heterocycles. The summed E-state index contributed by atoms with van der Waals surface area (Å²) in [5, 5.41) is 0. The molecule has 0 aromatic carbocycles. The van der Waals surface area contributed by atoms with Gasteiger partial charge in [-0.25, -0.2) is 0 Å². The molecule has 0 spiro atoms. The molecule has 0 aliphatic rings. The number of hydrogen-bond donors (Lipinski definition) is 0. The van der Waals surface area contributed by atoms with E-state index in [0.29, 0.717) is 10.8 Å². The highest BCUT2D eigenvalue weighted by molar-refractivity contribution is 4.89. The SMILES string of the molecule is C/C=C/C(C)(C)C.C=C(C)CCC(C)(C)C.CC.CC. The molecule has 0 atom stereocenters. The predicted molar refractivity (Wildman–Crippen MR) is 100 cm³/mol. The molecule has 0 aromatic heterocycles. The molecule has 0 N–H and O–H groups in total. The average Bonchev–Trinajstić information content (AvgIpc) is 2.30. The van der Waals surface area contributed by atoms with Crippen LogP contribution >= 0.6 is 0 Å². The molecular formula is C20H44. The molecule has 0 heterocycles. The van der Waals surface area contributed by atoms with E-state index in [0.717, 1.165) is 0 Å². The number of rotatable bonds is 2. The fraction of sp³-hybridized carbons (Fsp3) is 0.800. The van der Waals surface area contributed by atoms with Gasteiger partial charge in [0.25, 0.3) is 0 Å². The Morgan fingerprint density at radius 2 is 1.25 bits per heavy atom. The van der Waals surface area contributed by atoms with E-state index in [4.69, 9.17) is 0 Å². The molecule has 0 aliphatic heterocycles. The van der Waals surface area contributed by atoms with Crippen molar-refractivity contribution in [1.82, 2.24) is 0 Å². The van der Waals surface area contributed by atoms with Crippen LogP contribution in [-0.2, 0) is 0 Å². The zero-order valence-electron chi connectivity index (χ0n) is 16.8. The van der Waals surface area contributed by atoms with Gasteiger partial charge in [0.15, 0.2) is 0 Å². The Bertz CT molecular complexity index is 205. The third-order valence-corrected chi connectivity index (χ3v) is 1.97. The number of hydrogen-bond acceptors (Lipinski definition) is 0. The molecule has 124 valence electrons. The van der Waals surface area contributed by atoms with Crippen molar-refractivity contribution < 1.29 is 0 Å². The van der Waals surface area contributed by atoms with Crippen molar-refractivity contribution in [2.75, 3.05) is 0 Å². The van der Waals surface area contributed by atoms with E-state index in [2.05, 4.69) is 67.2 Å². The largest absolute Gasteiger partial charge is 0.100 e. The average molecular weight is 285 g/mol. The molecule has 0 saturated carbocycles. The molecule has 0 fully saturated rings. The van der Waals surface area contributed by atoms with Crippen molar-refractivity contribution in [2.45, 2.75) is 95.9 Å². The van der Waals surface area contributed by atoms with Crippen LogP contribution in [0.3, 0.4) is 0 Å². The van der Waals surface area contributed by atoms with Gasteiger partial charge in [-0.05, 0) is 37.5 Å². The van der Waals surface area contributed by atoms with Crippen LogP contribution < -0.4 is 0 Å². The van der Waals surface area contributed by atoms with Gasteiger partial charge in [0.1, 0.15) is 0 Å². The highest BCUT2D eigenvalue weighted by Crippen LogP contribution is 2.22. The molecule has 0 rings (SSSR count). The standard InChI is InChI=1S/C9H18.C7H14.2C2H6/c1-8(2)6-7-9(3,4)5;1-5-6-7(2,3)4;2*1-2/h1,6-7H2,2-5H3;5-6H,1-4H3;2*1-2H3/b;6-5+;;. The Kier molecular flexibility index (Phi) is 23.0. The van der Waals surface area contributed by atoms with E-state index in [-0.39, 0.29) is 0 Å². The van der Waals surface area contributed by atoms with Crippen molar-refractivity contribution in [1.29, 1.82) is 0 Å². The molecule has 0 heteroatoms. The van der Waals surface area contributed by atoms with Crippen molar-refractivity contribution in [2.24, 2.45) is 10.8 Å². The van der Waals surface area contributed by atoms with Crippen LogP contribution in [0.2, 0.25) is 0 Å². The first-order valence-electron chi connectivity index (χ1n) is 8.26. The summed E-state index contributed by atoms with van der Waals surface area (Å²) in [4.78, 5) is 0. The molecule has 20 heavy (non-hydrogen) atoms. The molecule has 0 nitrogen and oxygen atoms in total. The molecule has 0 aromatic rings. The highest BCUT2D eigenvalue weighted by atomic mass is 14.1. The quantitative estimate of drug-likeness (QED) is 0.450. The van der Waals surface area contributed by atoms with E-state index >= 15 is 0 Å². The third-order valence-electron chi connectivity index (χ3n) is 1.97. The van der Waals surface area contributed by atoms with Crippen molar-refractivity contribution in [3.8, 4) is 0 Å². The lowest BCUT2D eigenvalue weighted by Crippen LogP contribution is -2.03. The van der Waals surface area contributed by atoms with Crippen LogP contribution in [0.1, 0.15) is 95.9 Å². The van der Waals surface area contributed by atoms with Crippen molar-refractivity contribution in [3.63, 3.8) is 0 Å². The fourth-order valence-corrected chi connectivity index (χ4v) is 1.09. The van der Waals surface area contributed by atoms with E-state index in [1.165, 1.54) is 18.4 Å². The van der Waals surface area contributed by atoms with Gasteiger partial charge in [-0.1, -0.05) is 87.0 Å². The minimum Gasteiger partial charge on any atom is -0.100 e. The lowest BCUT2D eigenvalue weighted by molar-refractivity contribution is 0.378. The van der Waals surface area contributed by atoms with Crippen molar-refractivity contribution >= 4 is 0 Å². The Labute approximate surface area is 131 Å². The minimum absolute atomic E-state index is 0.370. The van der Waals surface area contributed by atoms with Gasteiger partial charge in [0, 0.05) is 0 Å². The topological polar surface area (TPSA) is 0 Å². The second kappa shape index (κ2) is 16.5. The maximum Gasteiger partial charge on any atom is -0.0203 e. The molecule has 0 aliphatic carbocycles. The second-order valence-corrected chi connectivity index (χ2v) is 6.88. The molecule has 0 unspecified atom stereocenters. The molecule has 0 radical (unpaired) electrons. The Morgan fingerprint density at radius 3 is 1.30 bits per heavy atom. The monoisotopic (exact) mass is 284 g/mol. The van der Waals surface area contributed by atoms with Gasteiger partial charge >= 0.3 is 0 Å². The summed E-state index contributed by atoms with van der Waals surface area (Å²) in [5.74, 6) is 0. The summed E-state index contributed by atoms with van der Waals surface area (Å²) in [6.45, 7) is 29.3. The third kappa shape index (κ3) is 52.8. The van der Waals surface area contributed by atoms with Gasteiger partial charge in [0.05, 0.1) is 0 Å². The lowest BCUT2D eigenvalue weighted by atomic mass is 9.89. The molecule has 0 bridgehead atoms. The van der Waals surface area contributed by atoms with Gasteiger partial charge in [-0.15, -0.1) is 6.58 Å². The van der Waals surface area contributed by atoms with E-state index in [9.17, 15) is 0 Å². The van der Waals surface area contributed by atoms with Crippen LogP contribution in [0.4, 0.5) is 0 Å². The van der Waals surface area contributed by atoms with Gasteiger partial charge in [-0.2, -0.15) is 0 Å². The normalized spacial score (nSPS) is 10.4. The maximum atomic E-state index is 3.86. The second-order valence-electron chi connectivity index (χ2n) is 6.88. The first-order valence-corrected chi connectivity index (χ1v) is 8.26. The van der Waals surface area contributed by atoms with Crippen LogP contribution in [-0.4, -0.2) is 0 Å². The number of allylic oxidation sites excluding steroid dienone is 3. The summed E-state index contributed by atoms with van der Waals surface area (Å²) in [6, 6.07) is 0. The van der Waals surface area contributed by atoms with E-state index < -0.39 is 0 Å².